The monoisotopic (exact) mass is 527 g/mol. The second-order valence-corrected chi connectivity index (χ2v) is 9.88. The number of alkyl halides is 3. The molecule has 2 N–H and O–H groups in total. The molecule has 39 heavy (non-hydrogen) atoms. The molecule has 1 aliphatic carbocycles. The van der Waals surface area contributed by atoms with Crippen molar-refractivity contribution >= 4 is 27.6 Å². The van der Waals surface area contributed by atoms with Crippen LogP contribution in [0, 0.1) is 11.3 Å². The zero-order valence-corrected chi connectivity index (χ0v) is 20.8. The van der Waals surface area contributed by atoms with Crippen molar-refractivity contribution in [1.82, 2.24) is 14.5 Å². The maximum absolute atomic E-state index is 14.4. The van der Waals surface area contributed by atoms with Crippen LogP contribution in [0.5, 0.6) is 0 Å². The second-order valence-electron chi connectivity index (χ2n) is 9.88. The zero-order chi connectivity index (χ0) is 27.1. The maximum atomic E-state index is 14.4. The highest BCUT2D eigenvalue weighted by atomic mass is 19.4. The van der Waals surface area contributed by atoms with Crippen molar-refractivity contribution in [2.45, 2.75) is 44.0 Å². The van der Waals surface area contributed by atoms with E-state index < -0.39 is 11.7 Å². The van der Waals surface area contributed by atoms with Gasteiger partial charge >= 0.3 is 6.18 Å². The summed E-state index contributed by atoms with van der Waals surface area (Å²) < 4.78 is 44.6. The van der Waals surface area contributed by atoms with Crippen molar-refractivity contribution < 1.29 is 18.3 Å². The third-order valence-corrected chi connectivity index (χ3v) is 7.35. The van der Waals surface area contributed by atoms with Gasteiger partial charge in [-0.1, -0.05) is 18.2 Å². The van der Waals surface area contributed by atoms with Crippen molar-refractivity contribution in [1.29, 1.82) is 5.26 Å². The number of benzene rings is 2. The van der Waals surface area contributed by atoms with Gasteiger partial charge in [-0.15, -0.1) is 0 Å². The quantitative estimate of drug-likeness (QED) is 0.267. The number of nitriles is 1. The Kier molecular flexibility index (Phi) is 6.20. The molecule has 0 unspecified atom stereocenters. The van der Waals surface area contributed by atoms with Crippen LogP contribution in [0.15, 0.2) is 73.2 Å². The van der Waals surface area contributed by atoms with Crippen molar-refractivity contribution in [3.63, 3.8) is 0 Å². The molecular formula is C30H24F3N5O. The average Bonchev–Trinajstić information content (AvgIpc) is 3.35. The molecule has 1 saturated carbocycles. The number of para-hydroxylation sites is 1. The Balaban J connectivity index is 1.50. The summed E-state index contributed by atoms with van der Waals surface area (Å²) >= 11 is 0. The molecule has 196 valence electrons. The van der Waals surface area contributed by atoms with Crippen LogP contribution in [-0.2, 0) is 6.18 Å². The Morgan fingerprint density at radius 1 is 1.00 bits per heavy atom. The van der Waals surface area contributed by atoms with E-state index in [9.17, 15) is 23.5 Å². The number of aliphatic hydroxyl groups excluding tert-OH is 1. The number of aliphatic hydroxyl groups is 1. The third kappa shape index (κ3) is 4.68. The highest BCUT2D eigenvalue weighted by Gasteiger charge is 2.36. The number of nitrogens with one attached hydrogen (secondary N) is 1. The first kappa shape index (κ1) is 24.9. The van der Waals surface area contributed by atoms with E-state index in [1.54, 1.807) is 30.5 Å². The van der Waals surface area contributed by atoms with Gasteiger partial charge in [-0.25, -0.2) is 4.98 Å². The molecule has 2 aromatic carbocycles. The number of aromatic nitrogens is 3. The number of hydrogen-bond donors (Lipinski definition) is 2. The standard InChI is InChI=1S/C30H24F3N5O/c31-30(32,33)25-17-38(22-8-5-19(15-34)27(14-22)37-21-6-9-23(39)10-7-21)29-28(25)24(11-12-35-29)20-13-18-3-1-2-4-26(18)36-16-20/h1-5,8,11-14,16-17,21,23,37,39H,6-7,9-10H2. The molecule has 6 rings (SSSR count). The zero-order valence-electron chi connectivity index (χ0n) is 20.8. The molecule has 0 amide bonds. The van der Waals surface area contributed by atoms with Gasteiger partial charge < -0.3 is 15.0 Å². The minimum atomic E-state index is -4.62. The summed E-state index contributed by atoms with van der Waals surface area (Å²) in [7, 11) is 0. The van der Waals surface area contributed by atoms with Crippen LogP contribution in [0.1, 0.15) is 36.8 Å². The van der Waals surface area contributed by atoms with E-state index in [-0.39, 0.29) is 23.2 Å². The van der Waals surface area contributed by atoms with Crippen molar-refractivity contribution in [2.24, 2.45) is 0 Å². The van der Waals surface area contributed by atoms with Crippen LogP contribution >= 0.6 is 0 Å². The summed E-state index contributed by atoms with van der Waals surface area (Å²) in [5.74, 6) is 0. The van der Waals surface area contributed by atoms with Gasteiger partial charge in [-0.05, 0) is 67.6 Å². The summed E-state index contributed by atoms with van der Waals surface area (Å²) in [6, 6.07) is 18.0. The molecule has 1 aliphatic rings. The third-order valence-electron chi connectivity index (χ3n) is 7.35. The predicted octanol–water partition coefficient (Wildman–Crippen LogP) is 6.85. The van der Waals surface area contributed by atoms with Gasteiger partial charge in [0.1, 0.15) is 11.7 Å². The number of hydrogen-bond acceptors (Lipinski definition) is 5. The summed E-state index contributed by atoms with van der Waals surface area (Å²) in [6.45, 7) is 0. The molecule has 0 radical (unpaired) electrons. The number of anilines is 1. The largest absolute Gasteiger partial charge is 0.418 e. The summed E-state index contributed by atoms with van der Waals surface area (Å²) in [5.41, 5.74) is 2.45. The molecule has 5 aromatic rings. The fourth-order valence-corrected chi connectivity index (χ4v) is 5.36. The summed E-state index contributed by atoms with van der Waals surface area (Å²) in [5, 5.41) is 23.7. The number of halogens is 3. The molecule has 6 nitrogen and oxygen atoms in total. The lowest BCUT2D eigenvalue weighted by Crippen LogP contribution is -2.28. The molecule has 3 aromatic heterocycles. The van der Waals surface area contributed by atoms with Crippen LogP contribution in [0.4, 0.5) is 18.9 Å². The van der Waals surface area contributed by atoms with E-state index in [1.165, 1.54) is 10.8 Å². The second kappa shape index (κ2) is 9.71. The van der Waals surface area contributed by atoms with Gasteiger partial charge in [0.15, 0.2) is 0 Å². The first-order valence-electron chi connectivity index (χ1n) is 12.7. The Morgan fingerprint density at radius 3 is 2.56 bits per heavy atom. The van der Waals surface area contributed by atoms with Crippen LogP contribution in [0.25, 0.3) is 38.8 Å². The fourth-order valence-electron chi connectivity index (χ4n) is 5.36. The van der Waals surface area contributed by atoms with E-state index >= 15 is 0 Å². The summed E-state index contributed by atoms with van der Waals surface area (Å²) in [4.78, 5) is 8.81. The first-order valence-corrected chi connectivity index (χ1v) is 12.7. The van der Waals surface area contributed by atoms with Gasteiger partial charge in [-0.2, -0.15) is 18.4 Å². The SMILES string of the molecule is N#Cc1ccc(-n2cc(C(F)(F)F)c3c(-c4cnc5ccccc5c4)ccnc32)cc1NC1CCC(O)CC1. The lowest BCUT2D eigenvalue weighted by molar-refractivity contribution is -0.136. The molecule has 0 atom stereocenters. The van der Waals surface area contributed by atoms with Crippen LogP contribution < -0.4 is 5.32 Å². The molecule has 0 spiro atoms. The number of rotatable bonds is 4. The van der Waals surface area contributed by atoms with E-state index in [0.29, 0.717) is 40.9 Å². The molecular weight excluding hydrogens is 503 g/mol. The molecule has 1 fully saturated rings. The van der Waals surface area contributed by atoms with Gasteiger partial charge in [0.2, 0.25) is 0 Å². The van der Waals surface area contributed by atoms with E-state index in [2.05, 4.69) is 21.4 Å². The van der Waals surface area contributed by atoms with Crippen molar-refractivity contribution in [3.8, 4) is 22.9 Å². The Morgan fingerprint density at radius 2 is 1.79 bits per heavy atom. The van der Waals surface area contributed by atoms with Crippen LogP contribution in [0.3, 0.4) is 0 Å². The van der Waals surface area contributed by atoms with E-state index in [0.717, 1.165) is 29.9 Å². The lowest BCUT2D eigenvalue weighted by atomic mass is 9.93. The highest BCUT2D eigenvalue weighted by molar-refractivity contribution is 5.98. The van der Waals surface area contributed by atoms with Gasteiger partial charge in [-0.3, -0.25) is 4.98 Å². The van der Waals surface area contributed by atoms with Crippen LogP contribution in [0.2, 0.25) is 0 Å². The number of fused-ring (bicyclic) bond motifs is 2. The van der Waals surface area contributed by atoms with Gasteiger partial charge in [0.05, 0.1) is 28.4 Å². The number of nitrogens with zero attached hydrogens (tertiary/aromatic N) is 4. The molecule has 0 saturated heterocycles. The predicted molar refractivity (Wildman–Crippen MR) is 143 cm³/mol. The van der Waals surface area contributed by atoms with E-state index in [1.807, 2.05) is 30.3 Å². The Labute approximate surface area is 222 Å². The first-order chi connectivity index (χ1) is 18.8. The Hall–Kier alpha value is -4.42. The lowest BCUT2D eigenvalue weighted by Gasteiger charge is -2.27. The average molecular weight is 528 g/mol. The molecule has 0 bridgehead atoms. The molecule has 3 heterocycles. The highest BCUT2D eigenvalue weighted by Crippen LogP contribution is 2.41. The number of pyridine rings is 2. The smallest absolute Gasteiger partial charge is 0.393 e. The minimum absolute atomic E-state index is 0.0118. The van der Waals surface area contributed by atoms with Gasteiger partial charge in [0, 0.05) is 46.7 Å². The maximum Gasteiger partial charge on any atom is 0.418 e. The van der Waals surface area contributed by atoms with Crippen molar-refractivity contribution in [2.75, 3.05) is 5.32 Å². The summed E-state index contributed by atoms with van der Waals surface area (Å²) in [6.07, 6.45) is 2.01. The minimum Gasteiger partial charge on any atom is -0.393 e. The Bertz CT molecular complexity index is 1730. The molecule has 0 aliphatic heterocycles. The van der Waals surface area contributed by atoms with Crippen LogP contribution in [-0.4, -0.2) is 31.8 Å². The normalized spacial score (nSPS) is 17.8. The topological polar surface area (TPSA) is 86.8 Å². The van der Waals surface area contributed by atoms with Gasteiger partial charge in [0.25, 0.3) is 0 Å². The fraction of sp³-hybridized carbons (Fsp3) is 0.233. The van der Waals surface area contributed by atoms with E-state index in [4.69, 9.17) is 0 Å². The van der Waals surface area contributed by atoms with Crippen molar-refractivity contribution in [3.05, 3.63) is 84.3 Å². The molecule has 9 heteroatoms.